The highest BCUT2D eigenvalue weighted by Gasteiger charge is 2.17. The van der Waals surface area contributed by atoms with Gasteiger partial charge in [-0.25, -0.2) is 0 Å². The van der Waals surface area contributed by atoms with Crippen LogP contribution < -0.4 is 10.6 Å². The van der Waals surface area contributed by atoms with Crippen LogP contribution in [0.25, 0.3) is 0 Å². The third kappa shape index (κ3) is 7.18. The zero-order chi connectivity index (χ0) is 16.6. The summed E-state index contributed by atoms with van der Waals surface area (Å²) in [6.07, 6.45) is 7.34. The van der Waals surface area contributed by atoms with Crippen LogP contribution >= 0.6 is 24.2 Å². The number of nitrogens with one attached hydrogen (secondary N) is 2. The van der Waals surface area contributed by atoms with Gasteiger partial charge in [0.1, 0.15) is 0 Å². The second-order valence-corrected chi connectivity index (χ2v) is 8.04. The van der Waals surface area contributed by atoms with E-state index >= 15 is 0 Å². The first-order chi connectivity index (χ1) is 11.8. The van der Waals surface area contributed by atoms with Crippen molar-refractivity contribution in [2.45, 2.75) is 55.6 Å². The molecule has 2 N–H and O–H groups in total. The quantitative estimate of drug-likeness (QED) is 0.778. The van der Waals surface area contributed by atoms with Gasteiger partial charge in [0, 0.05) is 35.7 Å². The van der Waals surface area contributed by atoms with E-state index in [0.717, 1.165) is 29.8 Å². The molecule has 2 aliphatic rings. The van der Waals surface area contributed by atoms with Gasteiger partial charge in [-0.1, -0.05) is 31.4 Å². The molecule has 0 radical (unpaired) electrons. The molecule has 4 nitrogen and oxygen atoms in total. The highest BCUT2D eigenvalue weighted by molar-refractivity contribution is 7.99. The van der Waals surface area contributed by atoms with Crippen molar-refractivity contribution >= 4 is 35.8 Å². The number of carbonyl (C=O) groups excluding carboxylic acids is 1. The Morgan fingerprint density at radius 1 is 1.28 bits per heavy atom. The first kappa shape index (κ1) is 20.6. The molecule has 0 aromatic heterocycles. The zero-order valence-corrected chi connectivity index (χ0v) is 16.3. The molecule has 1 heterocycles. The number of halogens is 1. The lowest BCUT2D eigenvalue weighted by atomic mass is 10.0. The molecule has 1 aromatic rings. The molecule has 25 heavy (non-hydrogen) atoms. The van der Waals surface area contributed by atoms with Crippen molar-refractivity contribution in [1.82, 2.24) is 5.32 Å². The van der Waals surface area contributed by atoms with E-state index < -0.39 is 0 Å². The lowest BCUT2D eigenvalue weighted by Gasteiger charge is -2.23. The average Bonchev–Trinajstić information content (AvgIpc) is 2.62. The molecular weight excluding hydrogens is 356 g/mol. The molecular formula is C19H29ClN2O2S. The second kappa shape index (κ2) is 11.1. The summed E-state index contributed by atoms with van der Waals surface area (Å²) in [6.45, 7) is 2.18. The van der Waals surface area contributed by atoms with E-state index in [1.54, 1.807) is 0 Å². The molecule has 1 unspecified atom stereocenters. The maximum Gasteiger partial charge on any atom is 0.226 e. The first-order valence-electron chi connectivity index (χ1n) is 9.11. The van der Waals surface area contributed by atoms with Crippen LogP contribution in [0.4, 0.5) is 5.69 Å². The van der Waals surface area contributed by atoms with Crippen LogP contribution in [0.15, 0.2) is 24.3 Å². The van der Waals surface area contributed by atoms with E-state index in [0.29, 0.717) is 13.0 Å². The summed E-state index contributed by atoms with van der Waals surface area (Å²) in [6, 6.07) is 8.40. The Hall–Kier alpha value is -0.750. The fourth-order valence-corrected chi connectivity index (χ4v) is 4.65. The molecule has 6 heteroatoms. The standard InChI is InChI=1S/C19H28N2O2S.ClH/c22-19(12-17-13-23-10-9-20-17)21-16-6-4-5-15(11-16)14-24-18-7-2-1-3-8-18;/h4-6,11,17-18,20H,1-3,7-10,12-14H2,(H,21,22);1H. The Kier molecular flexibility index (Phi) is 9.10. The molecule has 2 fully saturated rings. The van der Waals surface area contributed by atoms with Crippen molar-refractivity contribution in [2.24, 2.45) is 0 Å². The Balaban J connectivity index is 0.00000225. The molecule has 140 valence electrons. The summed E-state index contributed by atoms with van der Waals surface area (Å²) >= 11 is 2.07. The minimum Gasteiger partial charge on any atom is -0.378 e. The number of benzene rings is 1. The fourth-order valence-electron chi connectivity index (χ4n) is 3.37. The van der Waals surface area contributed by atoms with Crippen LogP contribution in [-0.2, 0) is 15.3 Å². The van der Waals surface area contributed by atoms with Crippen LogP contribution in [0.5, 0.6) is 0 Å². The van der Waals surface area contributed by atoms with Crippen LogP contribution in [0.2, 0.25) is 0 Å². The van der Waals surface area contributed by atoms with Gasteiger partial charge in [0.25, 0.3) is 0 Å². The van der Waals surface area contributed by atoms with Crippen LogP contribution in [0.3, 0.4) is 0 Å². The third-order valence-corrected chi connectivity index (χ3v) is 6.12. The summed E-state index contributed by atoms with van der Waals surface area (Å²) in [4.78, 5) is 12.2. The molecule has 3 rings (SSSR count). The highest BCUT2D eigenvalue weighted by atomic mass is 35.5. The van der Waals surface area contributed by atoms with Crippen LogP contribution in [0.1, 0.15) is 44.1 Å². The van der Waals surface area contributed by atoms with Gasteiger partial charge in [0.2, 0.25) is 5.91 Å². The van der Waals surface area contributed by atoms with Gasteiger partial charge < -0.3 is 15.4 Å². The van der Waals surface area contributed by atoms with E-state index in [2.05, 4.69) is 34.5 Å². The van der Waals surface area contributed by atoms with E-state index in [1.165, 1.54) is 37.7 Å². The normalized spacial score (nSPS) is 21.4. The van der Waals surface area contributed by atoms with Crippen molar-refractivity contribution in [1.29, 1.82) is 0 Å². The van der Waals surface area contributed by atoms with E-state index in [9.17, 15) is 4.79 Å². The average molecular weight is 385 g/mol. The minimum absolute atomic E-state index is 0. The monoisotopic (exact) mass is 384 g/mol. The molecule has 0 spiro atoms. The number of thioether (sulfide) groups is 1. The van der Waals surface area contributed by atoms with E-state index in [-0.39, 0.29) is 24.4 Å². The van der Waals surface area contributed by atoms with Gasteiger partial charge in [-0.05, 0) is 30.5 Å². The maximum absolute atomic E-state index is 12.2. The van der Waals surface area contributed by atoms with Gasteiger partial charge in [-0.15, -0.1) is 12.4 Å². The number of morpholine rings is 1. The third-order valence-electron chi connectivity index (χ3n) is 4.68. The number of rotatable bonds is 6. The lowest BCUT2D eigenvalue weighted by molar-refractivity contribution is -0.117. The topological polar surface area (TPSA) is 50.4 Å². The summed E-state index contributed by atoms with van der Waals surface area (Å²) in [5.41, 5.74) is 2.20. The van der Waals surface area contributed by atoms with Gasteiger partial charge in [-0.3, -0.25) is 4.79 Å². The molecule has 1 aliphatic heterocycles. The molecule has 1 aliphatic carbocycles. The second-order valence-electron chi connectivity index (χ2n) is 6.75. The van der Waals surface area contributed by atoms with Gasteiger partial charge in [-0.2, -0.15) is 11.8 Å². The van der Waals surface area contributed by atoms with E-state index in [1.807, 2.05) is 12.1 Å². The smallest absolute Gasteiger partial charge is 0.226 e. The lowest BCUT2D eigenvalue weighted by Crippen LogP contribution is -2.43. The summed E-state index contributed by atoms with van der Waals surface area (Å²) in [7, 11) is 0. The van der Waals surface area contributed by atoms with Crippen LogP contribution in [0, 0.1) is 0 Å². The SMILES string of the molecule is Cl.O=C(CC1COCCN1)Nc1cccc(CSC2CCCCC2)c1. The number of carbonyl (C=O) groups is 1. The number of hydrogen-bond donors (Lipinski definition) is 2. The number of amides is 1. The maximum atomic E-state index is 12.2. The molecule has 1 atom stereocenters. The predicted molar refractivity (Wildman–Crippen MR) is 108 cm³/mol. The first-order valence-corrected chi connectivity index (χ1v) is 10.2. The Morgan fingerprint density at radius 2 is 2.12 bits per heavy atom. The van der Waals surface area contributed by atoms with Crippen molar-refractivity contribution in [3.8, 4) is 0 Å². The number of anilines is 1. The zero-order valence-electron chi connectivity index (χ0n) is 14.7. The molecule has 1 saturated heterocycles. The Bertz CT molecular complexity index is 532. The summed E-state index contributed by atoms with van der Waals surface area (Å²) in [5.74, 6) is 1.09. The van der Waals surface area contributed by atoms with Crippen molar-refractivity contribution in [2.75, 3.05) is 25.1 Å². The van der Waals surface area contributed by atoms with Gasteiger partial charge in [0.15, 0.2) is 0 Å². The van der Waals surface area contributed by atoms with Crippen molar-refractivity contribution < 1.29 is 9.53 Å². The van der Waals surface area contributed by atoms with Gasteiger partial charge >= 0.3 is 0 Å². The Morgan fingerprint density at radius 3 is 2.88 bits per heavy atom. The minimum atomic E-state index is 0. The number of hydrogen-bond acceptors (Lipinski definition) is 4. The Labute approximate surface area is 161 Å². The molecule has 1 amide bonds. The molecule has 0 bridgehead atoms. The van der Waals surface area contributed by atoms with E-state index in [4.69, 9.17) is 4.74 Å². The molecule has 1 aromatic carbocycles. The molecule has 1 saturated carbocycles. The predicted octanol–water partition coefficient (Wildman–Crippen LogP) is 3.99. The van der Waals surface area contributed by atoms with Crippen molar-refractivity contribution in [3.05, 3.63) is 29.8 Å². The van der Waals surface area contributed by atoms with Crippen LogP contribution in [-0.4, -0.2) is 37.0 Å². The summed E-state index contributed by atoms with van der Waals surface area (Å²) < 4.78 is 5.40. The fraction of sp³-hybridized carbons (Fsp3) is 0.632. The largest absolute Gasteiger partial charge is 0.378 e. The highest BCUT2D eigenvalue weighted by Crippen LogP contribution is 2.30. The summed E-state index contributed by atoms with van der Waals surface area (Å²) in [5, 5.41) is 7.15. The number of ether oxygens (including phenoxy) is 1. The van der Waals surface area contributed by atoms with Gasteiger partial charge in [0.05, 0.1) is 13.2 Å². The van der Waals surface area contributed by atoms with Crippen molar-refractivity contribution in [3.63, 3.8) is 0 Å².